The molecule has 0 saturated carbocycles. The molecular formula is C17H17BrClNO3. The van der Waals surface area contributed by atoms with Gasteiger partial charge in [-0.15, -0.1) is 0 Å². The maximum absolute atomic E-state index is 12.5. The Balaban J connectivity index is 2.23. The lowest BCUT2D eigenvalue weighted by atomic mass is 10.0. The summed E-state index contributed by atoms with van der Waals surface area (Å²) >= 11 is 9.11. The van der Waals surface area contributed by atoms with Crippen LogP contribution in [0.5, 0.6) is 11.5 Å². The number of phenols is 1. The Morgan fingerprint density at radius 3 is 2.57 bits per heavy atom. The molecule has 23 heavy (non-hydrogen) atoms. The molecule has 0 unspecified atom stereocenters. The van der Waals surface area contributed by atoms with Gasteiger partial charge in [0.25, 0.3) is 5.91 Å². The summed E-state index contributed by atoms with van der Waals surface area (Å²) in [6, 6.07) is 10.3. The van der Waals surface area contributed by atoms with Crippen LogP contribution in [0.3, 0.4) is 0 Å². The number of nitrogens with one attached hydrogen (secondary N) is 1. The van der Waals surface area contributed by atoms with Gasteiger partial charge in [0.15, 0.2) is 11.5 Å². The van der Waals surface area contributed by atoms with Crippen LogP contribution in [-0.4, -0.2) is 18.1 Å². The number of phenolic OH excluding ortho intramolecular Hbond substituents is 1. The summed E-state index contributed by atoms with van der Waals surface area (Å²) in [5.74, 6) is -0.0383. The van der Waals surface area contributed by atoms with E-state index in [1.165, 1.54) is 13.2 Å². The molecule has 0 bridgehead atoms. The largest absolute Gasteiger partial charge is 0.503 e. The summed E-state index contributed by atoms with van der Waals surface area (Å²) < 4.78 is 5.48. The maximum atomic E-state index is 12.5. The van der Waals surface area contributed by atoms with Crippen LogP contribution in [0.25, 0.3) is 0 Å². The highest BCUT2D eigenvalue weighted by molar-refractivity contribution is 9.10. The number of benzene rings is 2. The lowest BCUT2D eigenvalue weighted by molar-refractivity contribution is 0.0935. The number of halogens is 2. The third-order valence-corrected chi connectivity index (χ3v) is 4.35. The van der Waals surface area contributed by atoms with Gasteiger partial charge in [-0.05, 0) is 52.2 Å². The van der Waals surface area contributed by atoms with Crippen molar-refractivity contribution in [1.29, 1.82) is 0 Å². The molecule has 1 atom stereocenters. The second-order valence-corrected chi connectivity index (χ2v) is 6.29. The van der Waals surface area contributed by atoms with E-state index >= 15 is 0 Å². The first-order valence-corrected chi connectivity index (χ1v) is 8.26. The highest BCUT2D eigenvalue weighted by atomic mass is 79.9. The van der Waals surface area contributed by atoms with Crippen molar-refractivity contribution in [3.8, 4) is 11.5 Å². The number of aromatic hydroxyl groups is 1. The SMILES string of the molecule is CC[C@@H](NC(=O)c1cc(Br)c(O)c(OC)c1)c1ccc(Cl)cc1. The summed E-state index contributed by atoms with van der Waals surface area (Å²) in [5.41, 5.74) is 1.38. The summed E-state index contributed by atoms with van der Waals surface area (Å²) in [5, 5.41) is 13.5. The molecule has 2 rings (SSSR count). The molecule has 1 amide bonds. The van der Waals surface area contributed by atoms with Crippen molar-refractivity contribution in [2.45, 2.75) is 19.4 Å². The quantitative estimate of drug-likeness (QED) is 0.767. The number of hydrogen-bond acceptors (Lipinski definition) is 3. The summed E-state index contributed by atoms with van der Waals surface area (Å²) in [6.07, 6.45) is 0.740. The van der Waals surface area contributed by atoms with Gasteiger partial charge in [-0.25, -0.2) is 0 Å². The number of hydrogen-bond donors (Lipinski definition) is 2. The average Bonchev–Trinajstić information content (AvgIpc) is 2.55. The van der Waals surface area contributed by atoms with E-state index < -0.39 is 0 Å². The standard InChI is InChI=1S/C17H17BrClNO3/c1-3-14(10-4-6-12(19)7-5-10)20-17(22)11-8-13(18)16(21)15(9-11)23-2/h4-9,14,21H,3H2,1-2H3,(H,20,22)/t14-/m1/s1. The van der Waals surface area contributed by atoms with Crippen molar-refractivity contribution in [1.82, 2.24) is 5.32 Å². The fourth-order valence-corrected chi connectivity index (χ4v) is 2.79. The number of ether oxygens (including phenoxy) is 1. The second-order valence-electron chi connectivity index (χ2n) is 4.99. The predicted molar refractivity (Wildman–Crippen MR) is 94.3 cm³/mol. The zero-order valence-electron chi connectivity index (χ0n) is 12.8. The number of rotatable bonds is 5. The van der Waals surface area contributed by atoms with Gasteiger partial charge in [-0.2, -0.15) is 0 Å². The minimum absolute atomic E-state index is 0.0335. The normalized spacial score (nSPS) is 11.8. The van der Waals surface area contributed by atoms with Crippen molar-refractivity contribution in [3.63, 3.8) is 0 Å². The molecule has 6 heteroatoms. The Labute approximate surface area is 148 Å². The Bertz CT molecular complexity index is 704. The van der Waals surface area contributed by atoms with Crippen LogP contribution in [0.1, 0.15) is 35.3 Å². The van der Waals surface area contributed by atoms with Crippen molar-refractivity contribution < 1.29 is 14.6 Å². The molecule has 0 heterocycles. The van der Waals surface area contributed by atoms with Gasteiger partial charge in [0.2, 0.25) is 0 Å². The number of carbonyl (C=O) groups excluding carboxylic acids is 1. The first kappa shape index (κ1) is 17.6. The zero-order chi connectivity index (χ0) is 17.0. The maximum Gasteiger partial charge on any atom is 0.251 e. The van der Waals surface area contributed by atoms with E-state index in [9.17, 15) is 9.90 Å². The van der Waals surface area contributed by atoms with E-state index in [-0.39, 0.29) is 23.4 Å². The fourth-order valence-electron chi connectivity index (χ4n) is 2.22. The monoisotopic (exact) mass is 397 g/mol. The number of methoxy groups -OCH3 is 1. The van der Waals surface area contributed by atoms with Crippen molar-refractivity contribution in [3.05, 3.63) is 57.0 Å². The zero-order valence-corrected chi connectivity index (χ0v) is 15.1. The second kappa shape index (κ2) is 7.70. The molecule has 2 aromatic rings. The minimum Gasteiger partial charge on any atom is -0.503 e. The molecule has 2 N–H and O–H groups in total. The molecular weight excluding hydrogens is 382 g/mol. The van der Waals surface area contributed by atoms with E-state index in [0.29, 0.717) is 15.1 Å². The van der Waals surface area contributed by atoms with Gasteiger partial charge in [-0.3, -0.25) is 4.79 Å². The van der Waals surface area contributed by atoms with Gasteiger partial charge in [0.05, 0.1) is 17.6 Å². The van der Waals surface area contributed by atoms with Gasteiger partial charge >= 0.3 is 0 Å². The molecule has 0 radical (unpaired) electrons. The summed E-state index contributed by atoms with van der Waals surface area (Å²) in [6.45, 7) is 1.99. The Morgan fingerprint density at radius 2 is 2.00 bits per heavy atom. The third kappa shape index (κ3) is 4.18. The van der Waals surface area contributed by atoms with E-state index in [0.717, 1.165) is 12.0 Å². The number of amides is 1. The minimum atomic E-state index is -0.245. The van der Waals surface area contributed by atoms with Crippen LogP contribution < -0.4 is 10.1 Å². The molecule has 0 fully saturated rings. The van der Waals surface area contributed by atoms with Crippen molar-refractivity contribution in [2.24, 2.45) is 0 Å². The van der Waals surface area contributed by atoms with Gasteiger partial charge in [0, 0.05) is 10.6 Å². The molecule has 2 aromatic carbocycles. The van der Waals surface area contributed by atoms with Crippen LogP contribution >= 0.6 is 27.5 Å². The number of carbonyl (C=O) groups is 1. The molecule has 0 saturated heterocycles. The topological polar surface area (TPSA) is 58.6 Å². The van der Waals surface area contributed by atoms with E-state index in [1.54, 1.807) is 18.2 Å². The Kier molecular flexibility index (Phi) is 5.91. The Morgan fingerprint density at radius 1 is 1.35 bits per heavy atom. The molecule has 0 aliphatic carbocycles. The van der Waals surface area contributed by atoms with E-state index in [2.05, 4.69) is 21.2 Å². The van der Waals surface area contributed by atoms with Gasteiger partial charge in [-0.1, -0.05) is 30.7 Å². The van der Waals surface area contributed by atoms with Crippen molar-refractivity contribution in [2.75, 3.05) is 7.11 Å². The van der Waals surface area contributed by atoms with E-state index in [1.807, 2.05) is 19.1 Å². The van der Waals surface area contributed by atoms with Crippen LogP contribution in [0.4, 0.5) is 0 Å². The van der Waals surface area contributed by atoms with Crippen LogP contribution in [0.15, 0.2) is 40.9 Å². The molecule has 0 aliphatic heterocycles. The highest BCUT2D eigenvalue weighted by Gasteiger charge is 2.17. The molecule has 122 valence electrons. The van der Waals surface area contributed by atoms with Crippen LogP contribution in [0.2, 0.25) is 5.02 Å². The third-order valence-electron chi connectivity index (χ3n) is 3.50. The van der Waals surface area contributed by atoms with Crippen LogP contribution in [-0.2, 0) is 0 Å². The van der Waals surface area contributed by atoms with Crippen molar-refractivity contribution >= 4 is 33.4 Å². The summed E-state index contributed by atoms with van der Waals surface area (Å²) in [7, 11) is 1.44. The molecule has 0 aromatic heterocycles. The highest BCUT2D eigenvalue weighted by Crippen LogP contribution is 2.35. The lowest BCUT2D eigenvalue weighted by Crippen LogP contribution is -2.28. The smallest absolute Gasteiger partial charge is 0.251 e. The predicted octanol–water partition coefficient (Wildman–Crippen LogP) is 4.70. The summed E-state index contributed by atoms with van der Waals surface area (Å²) in [4.78, 5) is 12.5. The van der Waals surface area contributed by atoms with E-state index in [4.69, 9.17) is 16.3 Å². The average molecular weight is 399 g/mol. The Hall–Kier alpha value is -1.72. The molecule has 0 aliphatic rings. The molecule has 4 nitrogen and oxygen atoms in total. The fraction of sp³-hybridized carbons (Fsp3) is 0.235. The lowest BCUT2D eigenvalue weighted by Gasteiger charge is -2.18. The first-order chi connectivity index (χ1) is 11.0. The molecule has 0 spiro atoms. The van der Waals surface area contributed by atoms with Gasteiger partial charge < -0.3 is 15.2 Å². The van der Waals surface area contributed by atoms with Crippen LogP contribution in [0, 0.1) is 0 Å². The first-order valence-electron chi connectivity index (χ1n) is 7.09. The van der Waals surface area contributed by atoms with Gasteiger partial charge in [0.1, 0.15) is 0 Å².